The zero-order valence-electron chi connectivity index (χ0n) is 18.2. The molecule has 0 aliphatic carbocycles. The predicted octanol–water partition coefficient (Wildman–Crippen LogP) is 3.63. The summed E-state index contributed by atoms with van der Waals surface area (Å²) in [7, 11) is 1.70. The summed E-state index contributed by atoms with van der Waals surface area (Å²) in [6, 6.07) is 8.32. The molecule has 0 aromatic heterocycles. The van der Waals surface area contributed by atoms with E-state index in [4.69, 9.17) is 9.47 Å². The van der Waals surface area contributed by atoms with E-state index >= 15 is 0 Å². The van der Waals surface area contributed by atoms with Gasteiger partial charge >= 0.3 is 0 Å². The summed E-state index contributed by atoms with van der Waals surface area (Å²) in [4.78, 5) is 4.96. The average Bonchev–Trinajstić information content (AvgIpc) is 3.12. The SMILES string of the molecule is COc1ccc(N2CCN(c3c(C)c(C)c4c(c3C)CC(C)(CO)O4)CC2)cc1. The highest BCUT2D eigenvalue weighted by Gasteiger charge is 2.38. The number of aliphatic hydroxyl groups is 1. The van der Waals surface area contributed by atoms with Gasteiger partial charge in [-0.3, -0.25) is 0 Å². The number of piperazine rings is 1. The van der Waals surface area contributed by atoms with Gasteiger partial charge in [-0.25, -0.2) is 0 Å². The zero-order chi connectivity index (χ0) is 20.8. The Morgan fingerprint density at radius 2 is 1.59 bits per heavy atom. The van der Waals surface area contributed by atoms with Crippen LogP contribution in [0.5, 0.6) is 11.5 Å². The molecule has 0 saturated carbocycles. The molecular weight excluding hydrogens is 364 g/mol. The first-order chi connectivity index (χ1) is 13.9. The molecule has 2 aromatic carbocycles. The third kappa shape index (κ3) is 3.42. The van der Waals surface area contributed by atoms with Gasteiger partial charge in [0.05, 0.1) is 13.7 Å². The lowest BCUT2D eigenvalue weighted by atomic mass is 9.91. The Hall–Kier alpha value is -2.40. The highest BCUT2D eigenvalue weighted by Crippen LogP contribution is 2.45. The summed E-state index contributed by atoms with van der Waals surface area (Å²) in [6.45, 7) is 12.6. The number of hydrogen-bond acceptors (Lipinski definition) is 5. The first-order valence-electron chi connectivity index (χ1n) is 10.4. The average molecular weight is 397 g/mol. The van der Waals surface area contributed by atoms with E-state index in [9.17, 15) is 5.11 Å². The van der Waals surface area contributed by atoms with Gasteiger partial charge in [-0.05, 0) is 68.7 Å². The monoisotopic (exact) mass is 396 g/mol. The molecule has 0 spiro atoms. The van der Waals surface area contributed by atoms with Crippen molar-refractivity contribution in [3.05, 3.63) is 46.5 Å². The van der Waals surface area contributed by atoms with Crippen molar-refractivity contribution in [3.63, 3.8) is 0 Å². The summed E-state index contributed by atoms with van der Waals surface area (Å²) in [5, 5.41) is 9.79. The molecule has 2 heterocycles. The van der Waals surface area contributed by atoms with Crippen molar-refractivity contribution in [2.45, 2.75) is 39.7 Å². The minimum atomic E-state index is -0.504. The molecule has 2 aliphatic rings. The molecule has 4 rings (SSSR count). The first-order valence-corrected chi connectivity index (χ1v) is 10.4. The van der Waals surface area contributed by atoms with Crippen LogP contribution in [-0.2, 0) is 6.42 Å². The van der Waals surface area contributed by atoms with Crippen molar-refractivity contribution in [2.24, 2.45) is 0 Å². The summed E-state index contributed by atoms with van der Waals surface area (Å²) in [5.74, 6) is 1.88. The van der Waals surface area contributed by atoms with E-state index in [1.54, 1.807) is 7.11 Å². The van der Waals surface area contributed by atoms with Crippen molar-refractivity contribution in [1.29, 1.82) is 0 Å². The van der Waals surface area contributed by atoms with E-state index in [0.717, 1.165) is 44.1 Å². The topological polar surface area (TPSA) is 45.2 Å². The maximum atomic E-state index is 9.79. The lowest BCUT2D eigenvalue weighted by Crippen LogP contribution is -2.47. The first kappa shape index (κ1) is 19.9. The largest absolute Gasteiger partial charge is 0.497 e. The van der Waals surface area contributed by atoms with E-state index in [1.165, 1.54) is 33.6 Å². The van der Waals surface area contributed by atoms with Crippen molar-refractivity contribution in [1.82, 2.24) is 0 Å². The maximum Gasteiger partial charge on any atom is 0.133 e. The molecule has 1 fully saturated rings. The van der Waals surface area contributed by atoms with Crippen molar-refractivity contribution in [3.8, 4) is 11.5 Å². The van der Waals surface area contributed by atoms with Crippen LogP contribution in [0.25, 0.3) is 0 Å². The number of hydrogen-bond donors (Lipinski definition) is 1. The number of nitrogens with zero attached hydrogens (tertiary/aromatic N) is 2. The molecular formula is C24H32N2O3. The predicted molar refractivity (Wildman–Crippen MR) is 118 cm³/mol. The number of aliphatic hydroxyl groups excluding tert-OH is 1. The van der Waals surface area contributed by atoms with Crippen LogP contribution >= 0.6 is 0 Å². The van der Waals surface area contributed by atoms with Crippen LogP contribution in [0.4, 0.5) is 11.4 Å². The summed E-state index contributed by atoms with van der Waals surface area (Å²) < 4.78 is 11.5. The van der Waals surface area contributed by atoms with Crippen molar-refractivity contribution in [2.75, 3.05) is 49.7 Å². The lowest BCUT2D eigenvalue weighted by Gasteiger charge is -2.39. The zero-order valence-corrected chi connectivity index (χ0v) is 18.2. The lowest BCUT2D eigenvalue weighted by molar-refractivity contribution is 0.0442. The van der Waals surface area contributed by atoms with E-state index in [-0.39, 0.29) is 6.61 Å². The van der Waals surface area contributed by atoms with Crippen LogP contribution in [0.3, 0.4) is 0 Å². The number of fused-ring (bicyclic) bond motifs is 1. The standard InChI is InChI=1S/C24H32N2O3/c1-16-17(2)23-21(14-24(4,15-27)29-23)18(3)22(16)26-12-10-25(11-13-26)19-6-8-20(28-5)9-7-19/h6-9,27H,10-15H2,1-5H3. The molecule has 2 aliphatic heterocycles. The second-order valence-corrected chi connectivity index (χ2v) is 8.59. The quantitative estimate of drug-likeness (QED) is 0.855. The van der Waals surface area contributed by atoms with Gasteiger partial charge in [0.2, 0.25) is 0 Å². The van der Waals surface area contributed by atoms with Crippen LogP contribution in [0.1, 0.15) is 29.2 Å². The van der Waals surface area contributed by atoms with Crippen LogP contribution < -0.4 is 19.3 Å². The van der Waals surface area contributed by atoms with Crippen molar-refractivity contribution >= 4 is 11.4 Å². The van der Waals surface area contributed by atoms with E-state index in [1.807, 2.05) is 19.1 Å². The normalized spacial score (nSPS) is 21.2. The summed E-state index contributed by atoms with van der Waals surface area (Å²) in [5.41, 5.74) is 7.15. The number of methoxy groups -OCH3 is 1. The Balaban J connectivity index is 1.56. The highest BCUT2D eigenvalue weighted by molar-refractivity contribution is 5.70. The fourth-order valence-electron chi connectivity index (χ4n) is 4.72. The minimum Gasteiger partial charge on any atom is -0.497 e. The van der Waals surface area contributed by atoms with Gasteiger partial charge in [-0.2, -0.15) is 0 Å². The molecule has 1 unspecified atom stereocenters. The maximum absolute atomic E-state index is 9.79. The molecule has 156 valence electrons. The summed E-state index contributed by atoms with van der Waals surface area (Å²) >= 11 is 0. The fourth-order valence-corrected chi connectivity index (χ4v) is 4.72. The highest BCUT2D eigenvalue weighted by atomic mass is 16.5. The third-order valence-electron chi connectivity index (χ3n) is 6.61. The molecule has 2 aromatic rings. The molecule has 0 radical (unpaired) electrons. The van der Waals surface area contributed by atoms with Crippen molar-refractivity contribution < 1.29 is 14.6 Å². The molecule has 5 nitrogen and oxygen atoms in total. The second kappa shape index (κ2) is 7.45. The van der Waals surface area contributed by atoms with Crippen LogP contribution in [0.15, 0.2) is 24.3 Å². The van der Waals surface area contributed by atoms with Gasteiger partial charge < -0.3 is 24.4 Å². The smallest absolute Gasteiger partial charge is 0.133 e. The Bertz CT molecular complexity index is 902. The van der Waals surface area contributed by atoms with Crippen LogP contribution in [0, 0.1) is 20.8 Å². The minimum absolute atomic E-state index is 0.0372. The Kier molecular flexibility index (Phi) is 5.11. The van der Waals surface area contributed by atoms with Crippen LogP contribution in [0.2, 0.25) is 0 Å². The van der Waals surface area contributed by atoms with Gasteiger partial charge in [0.1, 0.15) is 17.1 Å². The van der Waals surface area contributed by atoms with Crippen LogP contribution in [-0.4, -0.2) is 50.6 Å². The van der Waals surface area contributed by atoms with E-state index in [2.05, 4.69) is 42.7 Å². The molecule has 29 heavy (non-hydrogen) atoms. The van der Waals surface area contributed by atoms with Gasteiger partial charge in [0.25, 0.3) is 0 Å². The fraction of sp³-hybridized carbons (Fsp3) is 0.500. The number of rotatable bonds is 4. The van der Waals surface area contributed by atoms with Gasteiger partial charge in [0.15, 0.2) is 0 Å². The van der Waals surface area contributed by atoms with E-state index in [0.29, 0.717) is 0 Å². The summed E-state index contributed by atoms with van der Waals surface area (Å²) in [6.07, 6.45) is 0.768. The van der Waals surface area contributed by atoms with Gasteiger partial charge in [0, 0.05) is 49.5 Å². The Labute approximate surface area is 173 Å². The molecule has 1 saturated heterocycles. The third-order valence-corrected chi connectivity index (χ3v) is 6.61. The molecule has 0 amide bonds. The van der Waals surface area contributed by atoms with E-state index < -0.39 is 5.60 Å². The second-order valence-electron chi connectivity index (χ2n) is 8.59. The van der Waals surface area contributed by atoms with Gasteiger partial charge in [-0.1, -0.05) is 0 Å². The Morgan fingerprint density at radius 3 is 2.17 bits per heavy atom. The number of benzene rings is 2. The number of ether oxygens (including phenoxy) is 2. The molecule has 1 atom stereocenters. The number of anilines is 2. The molecule has 0 bridgehead atoms. The Morgan fingerprint density at radius 1 is 0.966 bits per heavy atom. The van der Waals surface area contributed by atoms with Gasteiger partial charge in [-0.15, -0.1) is 0 Å². The molecule has 5 heteroatoms. The molecule has 1 N–H and O–H groups in total.